The molecule has 0 aliphatic heterocycles. The standard InChI is InChI=1S/C15H24N2O2/c1-10(2)19-14-9-5-7-12(15(14)16)17-11-6-4-8-13(11)18-3/h5,7,9-11,13,17H,4,6,8,16H2,1-3H3. The third-order valence-corrected chi connectivity index (χ3v) is 3.52. The van der Waals surface area contributed by atoms with Crippen molar-refractivity contribution in [3.8, 4) is 5.75 Å². The minimum absolute atomic E-state index is 0.121. The Bertz CT molecular complexity index is 421. The number of ether oxygens (including phenoxy) is 2. The number of hydrogen-bond donors (Lipinski definition) is 2. The van der Waals surface area contributed by atoms with Gasteiger partial charge in [0.2, 0.25) is 0 Å². The van der Waals surface area contributed by atoms with Crippen molar-refractivity contribution in [2.75, 3.05) is 18.2 Å². The Morgan fingerprint density at radius 2 is 2.11 bits per heavy atom. The molecule has 0 amide bonds. The van der Waals surface area contributed by atoms with Gasteiger partial charge in [0.05, 0.1) is 29.6 Å². The summed E-state index contributed by atoms with van der Waals surface area (Å²) in [7, 11) is 1.77. The Labute approximate surface area is 115 Å². The molecule has 2 atom stereocenters. The molecule has 1 aromatic carbocycles. The van der Waals surface area contributed by atoms with Gasteiger partial charge in [-0.2, -0.15) is 0 Å². The van der Waals surface area contributed by atoms with Crippen LogP contribution in [0, 0.1) is 0 Å². The summed E-state index contributed by atoms with van der Waals surface area (Å²) in [5, 5.41) is 3.49. The number of nitrogens with two attached hydrogens (primary N) is 1. The van der Waals surface area contributed by atoms with E-state index in [9.17, 15) is 0 Å². The highest BCUT2D eigenvalue weighted by molar-refractivity contribution is 5.73. The quantitative estimate of drug-likeness (QED) is 0.803. The van der Waals surface area contributed by atoms with Gasteiger partial charge in [-0.15, -0.1) is 0 Å². The van der Waals surface area contributed by atoms with Gasteiger partial charge in [-0.05, 0) is 45.2 Å². The molecule has 1 aliphatic rings. The molecule has 0 radical (unpaired) electrons. The highest BCUT2D eigenvalue weighted by atomic mass is 16.5. The highest BCUT2D eigenvalue weighted by Crippen LogP contribution is 2.33. The van der Waals surface area contributed by atoms with Crippen molar-refractivity contribution in [3.05, 3.63) is 18.2 Å². The first-order chi connectivity index (χ1) is 9.11. The number of nitrogen functional groups attached to an aromatic ring is 1. The van der Waals surface area contributed by atoms with E-state index in [2.05, 4.69) is 5.32 Å². The van der Waals surface area contributed by atoms with Crippen LogP contribution in [0.4, 0.5) is 11.4 Å². The summed E-state index contributed by atoms with van der Waals surface area (Å²) in [5.74, 6) is 0.743. The van der Waals surface area contributed by atoms with Gasteiger partial charge in [0, 0.05) is 7.11 Å². The number of methoxy groups -OCH3 is 1. The normalized spacial score (nSPS) is 22.7. The van der Waals surface area contributed by atoms with Gasteiger partial charge >= 0.3 is 0 Å². The number of hydrogen-bond acceptors (Lipinski definition) is 4. The smallest absolute Gasteiger partial charge is 0.144 e. The summed E-state index contributed by atoms with van der Waals surface area (Å²) in [6, 6.07) is 6.20. The third-order valence-electron chi connectivity index (χ3n) is 3.52. The molecule has 1 aromatic rings. The Hall–Kier alpha value is -1.42. The Morgan fingerprint density at radius 3 is 2.79 bits per heavy atom. The molecule has 1 saturated carbocycles. The first-order valence-electron chi connectivity index (χ1n) is 6.96. The Kier molecular flexibility index (Phi) is 4.53. The number of anilines is 2. The lowest BCUT2D eigenvalue weighted by Crippen LogP contribution is -2.30. The largest absolute Gasteiger partial charge is 0.489 e. The summed E-state index contributed by atoms with van der Waals surface area (Å²) >= 11 is 0. The number of benzene rings is 1. The molecule has 0 aromatic heterocycles. The third kappa shape index (κ3) is 3.32. The van der Waals surface area contributed by atoms with E-state index in [-0.39, 0.29) is 12.2 Å². The molecule has 0 heterocycles. The van der Waals surface area contributed by atoms with Crippen LogP contribution in [0.25, 0.3) is 0 Å². The van der Waals surface area contributed by atoms with Crippen molar-refractivity contribution in [1.29, 1.82) is 0 Å². The fourth-order valence-electron chi connectivity index (χ4n) is 2.60. The van der Waals surface area contributed by atoms with Crippen molar-refractivity contribution < 1.29 is 9.47 Å². The molecule has 19 heavy (non-hydrogen) atoms. The van der Waals surface area contributed by atoms with Gasteiger partial charge in [0.1, 0.15) is 5.75 Å². The summed E-state index contributed by atoms with van der Waals surface area (Å²) in [4.78, 5) is 0. The fourth-order valence-corrected chi connectivity index (χ4v) is 2.60. The van der Waals surface area contributed by atoms with Crippen LogP contribution in [-0.2, 0) is 4.74 Å². The summed E-state index contributed by atoms with van der Waals surface area (Å²) < 4.78 is 11.2. The van der Waals surface area contributed by atoms with Crippen LogP contribution in [0.3, 0.4) is 0 Å². The second kappa shape index (κ2) is 6.15. The second-order valence-corrected chi connectivity index (χ2v) is 5.34. The first kappa shape index (κ1) is 14.0. The SMILES string of the molecule is COC1CCCC1Nc1cccc(OC(C)C)c1N. The number of para-hydroxylation sites is 1. The molecular weight excluding hydrogens is 240 g/mol. The minimum Gasteiger partial charge on any atom is -0.489 e. The van der Waals surface area contributed by atoms with Crippen molar-refractivity contribution in [2.24, 2.45) is 0 Å². The second-order valence-electron chi connectivity index (χ2n) is 5.34. The predicted octanol–water partition coefficient (Wildman–Crippen LogP) is 3.04. The molecule has 1 aliphatic carbocycles. The molecule has 2 unspecified atom stereocenters. The molecular formula is C15H24N2O2. The van der Waals surface area contributed by atoms with Gasteiger partial charge in [0.25, 0.3) is 0 Å². The Morgan fingerprint density at radius 1 is 1.32 bits per heavy atom. The van der Waals surface area contributed by atoms with E-state index < -0.39 is 0 Å². The molecule has 0 spiro atoms. The molecule has 0 saturated heterocycles. The topological polar surface area (TPSA) is 56.5 Å². The zero-order chi connectivity index (χ0) is 13.8. The average molecular weight is 264 g/mol. The maximum Gasteiger partial charge on any atom is 0.144 e. The summed E-state index contributed by atoms with van der Waals surface area (Å²) in [6.07, 6.45) is 3.81. The number of rotatable bonds is 5. The van der Waals surface area contributed by atoms with Gasteiger partial charge in [-0.3, -0.25) is 0 Å². The lowest BCUT2D eigenvalue weighted by atomic mass is 10.1. The van der Waals surface area contributed by atoms with E-state index >= 15 is 0 Å². The van der Waals surface area contributed by atoms with E-state index in [4.69, 9.17) is 15.2 Å². The number of nitrogens with one attached hydrogen (secondary N) is 1. The average Bonchev–Trinajstić information content (AvgIpc) is 2.81. The van der Waals surface area contributed by atoms with E-state index in [1.807, 2.05) is 32.0 Å². The van der Waals surface area contributed by atoms with Gasteiger partial charge in [-0.1, -0.05) is 6.07 Å². The lowest BCUT2D eigenvalue weighted by Gasteiger charge is -2.23. The van der Waals surface area contributed by atoms with Crippen LogP contribution < -0.4 is 15.8 Å². The van der Waals surface area contributed by atoms with Crippen LogP contribution in [0.1, 0.15) is 33.1 Å². The van der Waals surface area contributed by atoms with E-state index in [0.717, 1.165) is 24.3 Å². The van der Waals surface area contributed by atoms with Gasteiger partial charge < -0.3 is 20.5 Å². The van der Waals surface area contributed by atoms with Crippen LogP contribution in [0.2, 0.25) is 0 Å². The molecule has 4 heteroatoms. The Balaban J connectivity index is 2.12. The van der Waals surface area contributed by atoms with Crippen molar-refractivity contribution >= 4 is 11.4 Å². The lowest BCUT2D eigenvalue weighted by molar-refractivity contribution is 0.101. The molecule has 1 fully saturated rings. The minimum atomic E-state index is 0.121. The van der Waals surface area contributed by atoms with Crippen molar-refractivity contribution in [3.63, 3.8) is 0 Å². The maximum absolute atomic E-state index is 6.17. The molecule has 4 nitrogen and oxygen atoms in total. The molecule has 0 bridgehead atoms. The predicted molar refractivity (Wildman–Crippen MR) is 78.7 cm³/mol. The van der Waals surface area contributed by atoms with Crippen molar-refractivity contribution in [2.45, 2.75) is 51.4 Å². The first-order valence-corrected chi connectivity index (χ1v) is 6.96. The molecule has 2 rings (SSSR count). The highest BCUT2D eigenvalue weighted by Gasteiger charge is 2.27. The fraction of sp³-hybridized carbons (Fsp3) is 0.600. The molecule has 3 N–H and O–H groups in total. The monoisotopic (exact) mass is 264 g/mol. The van der Waals surface area contributed by atoms with Crippen LogP contribution in [0.5, 0.6) is 5.75 Å². The maximum atomic E-state index is 6.17. The van der Waals surface area contributed by atoms with Crippen LogP contribution in [-0.4, -0.2) is 25.4 Å². The van der Waals surface area contributed by atoms with Gasteiger partial charge in [-0.25, -0.2) is 0 Å². The van der Waals surface area contributed by atoms with E-state index in [0.29, 0.717) is 11.7 Å². The zero-order valence-corrected chi connectivity index (χ0v) is 12.0. The van der Waals surface area contributed by atoms with Crippen molar-refractivity contribution in [1.82, 2.24) is 0 Å². The molecule has 106 valence electrons. The van der Waals surface area contributed by atoms with E-state index in [1.54, 1.807) is 7.11 Å². The van der Waals surface area contributed by atoms with Crippen LogP contribution >= 0.6 is 0 Å². The summed E-state index contributed by atoms with van der Waals surface area (Å²) in [6.45, 7) is 3.99. The van der Waals surface area contributed by atoms with Gasteiger partial charge in [0.15, 0.2) is 0 Å². The zero-order valence-electron chi connectivity index (χ0n) is 12.0. The summed E-state index contributed by atoms with van der Waals surface area (Å²) in [5.41, 5.74) is 7.78. The van der Waals surface area contributed by atoms with E-state index in [1.165, 1.54) is 6.42 Å². The van der Waals surface area contributed by atoms with Crippen LogP contribution in [0.15, 0.2) is 18.2 Å².